The van der Waals surface area contributed by atoms with Gasteiger partial charge in [-0.2, -0.15) is 9.67 Å². The summed E-state index contributed by atoms with van der Waals surface area (Å²) in [6.07, 6.45) is 6.65. The predicted molar refractivity (Wildman–Crippen MR) is 109 cm³/mol. The molecule has 29 heavy (non-hydrogen) atoms. The van der Waals surface area contributed by atoms with Gasteiger partial charge in [-0.1, -0.05) is 23.7 Å². The number of nitrogens with zero attached hydrogens (tertiary/aromatic N) is 3. The number of aromatic nitrogens is 5. The lowest BCUT2D eigenvalue weighted by Crippen LogP contribution is -2.37. The molecule has 0 aliphatic heterocycles. The van der Waals surface area contributed by atoms with Gasteiger partial charge in [0.25, 0.3) is 5.69 Å². The van der Waals surface area contributed by atoms with Crippen LogP contribution in [0, 0.1) is 12.7 Å². The van der Waals surface area contributed by atoms with Gasteiger partial charge in [-0.15, -0.1) is 0 Å². The first-order valence-electron chi connectivity index (χ1n) is 8.86. The van der Waals surface area contributed by atoms with Gasteiger partial charge < -0.3 is 4.98 Å². The first-order valence-corrected chi connectivity index (χ1v) is 9.24. The summed E-state index contributed by atoms with van der Waals surface area (Å²) >= 11 is 6.24. The highest BCUT2D eigenvalue weighted by molar-refractivity contribution is 6.32. The number of pyridine rings is 3. The zero-order valence-corrected chi connectivity index (χ0v) is 16.0. The third-order valence-corrected chi connectivity index (χ3v) is 5.39. The van der Waals surface area contributed by atoms with Gasteiger partial charge in [-0.3, -0.25) is 14.9 Å². The Kier molecular flexibility index (Phi) is 3.92. The van der Waals surface area contributed by atoms with E-state index in [1.54, 1.807) is 35.4 Å². The summed E-state index contributed by atoms with van der Waals surface area (Å²) in [5, 5.41) is 7.68. The summed E-state index contributed by atoms with van der Waals surface area (Å²) in [5.74, 6) is -0.420. The van der Waals surface area contributed by atoms with Gasteiger partial charge in [0.1, 0.15) is 16.9 Å². The fourth-order valence-electron chi connectivity index (χ4n) is 3.59. The molecule has 0 radical (unpaired) electrons. The first kappa shape index (κ1) is 17.5. The largest absolute Gasteiger partial charge is 0.321 e. The second-order valence-corrected chi connectivity index (χ2v) is 7.08. The molecule has 142 valence electrons. The molecule has 0 saturated heterocycles. The maximum atomic E-state index is 14.3. The minimum Gasteiger partial charge on any atom is -0.315 e. The monoisotopic (exact) mass is 406 g/mol. The Labute approximate surface area is 168 Å². The molecule has 4 aromatic heterocycles. The van der Waals surface area contributed by atoms with Crippen LogP contribution in [-0.2, 0) is 0 Å². The highest BCUT2D eigenvalue weighted by Gasteiger charge is 2.26. The molecule has 6 nitrogen and oxygen atoms in total. The number of benzene rings is 1. The van der Waals surface area contributed by atoms with E-state index in [2.05, 4.69) is 20.2 Å². The number of aryl methyl sites for hydroxylation is 1. The second-order valence-electron chi connectivity index (χ2n) is 6.67. The molecule has 5 rings (SSSR count). The third-order valence-electron chi connectivity index (χ3n) is 5.01. The van der Waals surface area contributed by atoms with Crippen molar-refractivity contribution in [2.75, 3.05) is 0 Å². The van der Waals surface area contributed by atoms with Crippen LogP contribution in [0.2, 0.25) is 5.02 Å². The van der Waals surface area contributed by atoms with E-state index in [9.17, 15) is 9.18 Å². The van der Waals surface area contributed by atoms with E-state index < -0.39 is 5.82 Å². The van der Waals surface area contributed by atoms with Crippen molar-refractivity contribution < 1.29 is 8.96 Å². The van der Waals surface area contributed by atoms with E-state index >= 15 is 0 Å². The SMILES string of the molecule is Cc1c(Cl)cnc2c(-c3ccc(F)c4[nH]ncc34)c(-[n+]3ccccc3)c(=O)[nH]c12. The van der Waals surface area contributed by atoms with Gasteiger partial charge in [-0.05, 0) is 18.6 Å². The zero-order chi connectivity index (χ0) is 20.1. The number of hydrogen-bond acceptors (Lipinski definition) is 3. The van der Waals surface area contributed by atoms with Crippen molar-refractivity contribution in [2.45, 2.75) is 6.92 Å². The highest BCUT2D eigenvalue weighted by Crippen LogP contribution is 2.36. The Morgan fingerprint density at radius 2 is 1.90 bits per heavy atom. The van der Waals surface area contributed by atoms with Gasteiger partial charge in [0.15, 0.2) is 12.4 Å². The van der Waals surface area contributed by atoms with Crippen molar-refractivity contribution in [3.05, 3.63) is 81.9 Å². The van der Waals surface area contributed by atoms with E-state index in [4.69, 9.17) is 11.6 Å². The van der Waals surface area contributed by atoms with Crippen LogP contribution in [0.15, 0.2) is 59.9 Å². The summed E-state index contributed by atoms with van der Waals surface area (Å²) in [6.45, 7) is 1.82. The maximum absolute atomic E-state index is 14.3. The molecule has 0 amide bonds. The number of nitrogens with one attached hydrogen (secondary N) is 2. The lowest BCUT2D eigenvalue weighted by molar-refractivity contribution is -0.596. The Morgan fingerprint density at radius 3 is 2.69 bits per heavy atom. The molecule has 0 saturated carbocycles. The molecule has 0 bridgehead atoms. The summed E-state index contributed by atoms with van der Waals surface area (Å²) in [7, 11) is 0. The lowest BCUT2D eigenvalue weighted by atomic mass is 9.98. The Hall–Kier alpha value is -3.58. The van der Waals surface area contributed by atoms with E-state index in [0.29, 0.717) is 43.8 Å². The molecule has 4 heterocycles. The average molecular weight is 407 g/mol. The summed E-state index contributed by atoms with van der Waals surface area (Å²) in [4.78, 5) is 20.6. The minimum atomic E-state index is -0.420. The third kappa shape index (κ3) is 2.62. The van der Waals surface area contributed by atoms with Crippen molar-refractivity contribution in [3.63, 3.8) is 0 Å². The smallest absolute Gasteiger partial charge is 0.315 e. The normalized spacial score (nSPS) is 11.4. The molecular weight excluding hydrogens is 393 g/mol. The van der Waals surface area contributed by atoms with Crippen molar-refractivity contribution in [2.24, 2.45) is 0 Å². The molecular formula is C21H14ClFN5O+. The number of fused-ring (bicyclic) bond motifs is 2. The van der Waals surface area contributed by atoms with Crippen LogP contribution in [0.25, 0.3) is 38.8 Å². The van der Waals surface area contributed by atoms with Crippen LogP contribution >= 0.6 is 11.6 Å². The van der Waals surface area contributed by atoms with E-state index in [1.807, 2.05) is 25.1 Å². The molecule has 1 aromatic carbocycles. The van der Waals surface area contributed by atoms with Crippen LogP contribution in [0.3, 0.4) is 0 Å². The fraction of sp³-hybridized carbons (Fsp3) is 0.0476. The maximum Gasteiger partial charge on any atom is 0.321 e. The molecule has 0 unspecified atom stereocenters. The van der Waals surface area contributed by atoms with Crippen LogP contribution in [0.4, 0.5) is 4.39 Å². The summed E-state index contributed by atoms with van der Waals surface area (Å²) in [5.41, 5.74) is 3.37. The zero-order valence-electron chi connectivity index (χ0n) is 15.2. The van der Waals surface area contributed by atoms with Gasteiger partial charge in [0.05, 0.1) is 22.3 Å². The first-order chi connectivity index (χ1) is 14.1. The molecule has 0 spiro atoms. The van der Waals surface area contributed by atoms with Crippen molar-refractivity contribution in [1.29, 1.82) is 0 Å². The number of aromatic amines is 2. The van der Waals surface area contributed by atoms with E-state index in [-0.39, 0.29) is 11.1 Å². The van der Waals surface area contributed by atoms with Crippen LogP contribution in [0.5, 0.6) is 0 Å². The molecule has 0 atom stereocenters. The van der Waals surface area contributed by atoms with Gasteiger partial charge in [0.2, 0.25) is 0 Å². The van der Waals surface area contributed by atoms with Crippen molar-refractivity contribution in [3.8, 4) is 16.8 Å². The minimum absolute atomic E-state index is 0.269. The predicted octanol–water partition coefficient (Wildman–Crippen LogP) is 3.84. The number of rotatable bonds is 2. The second kappa shape index (κ2) is 6.49. The van der Waals surface area contributed by atoms with Crippen LogP contribution in [-0.4, -0.2) is 20.2 Å². The van der Waals surface area contributed by atoms with Crippen LogP contribution < -0.4 is 10.1 Å². The standard InChI is InChI=1S/C21H13ClFN5O/c1-11-14(22)10-24-19-16(12-5-6-15(23)18-13(12)9-25-27-18)20(21(29)26-17(11)19)28-7-3-2-4-8-28/h2-10H,1H3,(H-,25,26,27,29)/p+1. The molecule has 8 heteroatoms. The molecule has 2 N–H and O–H groups in total. The average Bonchev–Trinajstić information content (AvgIpc) is 3.22. The highest BCUT2D eigenvalue weighted by atomic mass is 35.5. The molecule has 5 aromatic rings. The van der Waals surface area contributed by atoms with Gasteiger partial charge >= 0.3 is 5.56 Å². The Morgan fingerprint density at radius 1 is 1.10 bits per heavy atom. The van der Waals surface area contributed by atoms with E-state index in [1.165, 1.54) is 6.07 Å². The number of H-pyrrole nitrogens is 2. The molecule has 0 aliphatic carbocycles. The van der Waals surface area contributed by atoms with Crippen molar-refractivity contribution >= 4 is 33.5 Å². The summed E-state index contributed by atoms with van der Waals surface area (Å²) < 4.78 is 16.0. The topological polar surface area (TPSA) is 78.3 Å². The number of halogens is 2. The summed E-state index contributed by atoms with van der Waals surface area (Å²) in [6, 6.07) is 8.50. The van der Waals surface area contributed by atoms with E-state index in [0.717, 1.165) is 0 Å². The Balaban J connectivity index is 2.02. The van der Waals surface area contributed by atoms with Gasteiger partial charge in [-0.25, -0.2) is 4.39 Å². The fourth-order valence-corrected chi connectivity index (χ4v) is 3.73. The Bertz CT molecular complexity index is 1460. The molecule has 0 aliphatic rings. The van der Waals surface area contributed by atoms with Crippen LogP contribution in [0.1, 0.15) is 5.56 Å². The van der Waals surface area contributed by atoms with Gasteiger partial charge in [0, 0.05) is 29.3 Å². The lowest BCUT2D eigenvalue weighted by Gasteiger charge is -2.11. The quantitative estimate of drug-likeness (QED) is 0.437. The van der Waals surface area contributed by atoms with Crippen molar-refractivity contribution in [1.82, 2.24) is 20.2 Å². The molecule has 0 fully saturated rings. The number of hydrogen-bond donors (Lipinski definition) is 2.